The summed E-state index contributed by atoms with van der Waals surface area (Å²) in [6.07, 6.45) is 1.45. The van der Waals surface area contributed by atoms with Crippen molar-refractivity contribution >= 4 is 10.1 Å². The summed E-state index contributed by atoms with van der Waals surface area (Å²) in [5.41, 5.74) is -5.42. The monoisotopic (exact) mass is 302 g/mol. The van der Waals surface area contributed by atoms with Crippen molar-refractivity contribution in [1.82, 2.24) is 0 Å². The Bertz CT molecular complexity index is 476. The number of alkyl halides is 3. The Morgan fingerprint density at radius 3 is 2.42 bits per heavy atom. The van der Waals surface area contributed by atoms with Crippen LogP contribution >= 0.6 is 0 Å². The molecule has 1 aliphatic heterocycles. The highest BCUT2D eigenvalue weighted by Gasteiger charge is 2.50. The molecule has 5 nitrogen and oxygen atoms in total. The second-order valence-corrected chi connectivity index (χ2v) is 6.01. The molecule has 1 unspecified atom stereocenters. The minimum Gasteiger partial charge on any atom is -0.381 e. The maximum atomic E-state index is 12.2. The summed E-state index contributed by atoms with van der Waals surface area (Å²) in [6, 6.07) is 0. The summed E-state index contributed by atoms with van der Waals surface area (Å²) in [5, 5.41) is 0. The van der Waals surface area contributed by atoms with E-state index in [9.17, 15) is 21.6 Å². The van der Waals surface area contributed by atoms with E-state index in [1.807, 2.05) is 0 Å². The van der Waals surface area contributed by atoms with E-state index in [2.05, 4.69) is 4.18 Å². The summed E-state index contributed by atoms with van der Waals surface area (Å²) < 4.78 is 73.4. The normalized spacial score (nSPS) is 27.4. The first kappa shape index (κ1) is 14.6. The van der Waals surface area contributed by atoms with Crippen molar-refractivity contribution in [2.45, 2.75) is 31.1 Å². The molecule has 110 valence electrons. The zero-order chi connectivity index (χ0) is 14.3. The van der Waals surface area contributed by atoms with Crippen LogP contribution in [-0.2, 0) is 23.8 Å². The lowest BCUT2D eigenvalue weighted by atomic mass is 9.88. The summed E-state index contributed by atoms with van der Waals surface area (Å²) in [7, 11) is -5.61. The van der Waals surface area contributed by atoms with Crippen molar-refractivity contribution in [3.8, 4) is 0 Å². The van der Waals surface area contributed by atoms with E-state index in [0.29, 0.717) is 13.2 Å². The van der Waals surface area contributed by atoms with Gasteiger partial charge in [-0.05, 0) is 6.08 Å². The Morgan fingerprint density at radius 1 is 1.37 bits per heavy atom. The Kier molecular flexibility index (Phi) is 3.56. The van der Waals surface area contributed by atoms with Gasteiger partial charge in [-0.25, -0.2) is 0 Å². The van der Waals surface area contributed by atoms with E-state index >= 15 is 0 Å². The first-order chi connectivity index (χ1) is 8.66. The summed E-state index contributed by atoms with van der Waals surface area (Å²) in [6.45, 7) is 2.53. The molecule has 1 spiro atoms. The molecular formula is C10H13F3O5S. The molecule has 2 aliphatic rings. The third kappa shape index (κ3) is 2.72. The van der Waals surface area contributed by atoms with Crippen LogP contribution in [0.5, 0.6) is 0 Å². The van der Waals surface area contributed by atoms with Crippen molar-refractivity contribution in [2.75, 3.05) is 13.2 Å². The Morgan fingerprint density at radius 2 is 1.95 bits per heavy atom. The largest absolute Gasteiger partial charge is 0.534 e. The third-order valence-corrected chi connectivity index (χ3v) is 4.15. The van der Waals surface area contributed by atoms with Gasteiger partial charge >= 0.3 is 15.6 Å². The molecular weight excluding hydrogens is 289 g/mol. The Hall–Kier alpha value is -0.800. The lowest BCUT2D eigenvalue weighted by molar-refractivity contribution is -0.193. The fourth-order valence-corrected chi connectivity index (χ4v) is 2.64. The quantitative estimate of drug-likeness (QED) is 0.576. The molecule has 0 saturated carbocycles. The van der Waals surface area contributed by atoms with Crippen LogP contribution in [0, 0.1) is 5.92 Å². The van der Waals surface area contributed by atoms with Crippen molar-refractivity contribution in [2.24, 2.45) is 5.92 Å². The summed E-state index contributed by atoms with van der Waals surface area (Å²) in [5.74, 6) is -1.39. The number of hydrogen-bond donors (Lipinski definition) is 0. The highest BCUT2D eigenvalue weighted by molar-refractivity contribution is 7.87. The second kappa shape index (κ2) is 4.64. The smallest absolute Gasteiger partial charge is 0.381 e. The maximum Gasteiger partial charge on any atom is 0.534 e. The first-order valence-electron chi connectivity index (χ1n) is 5.64. The van der Waals surface area contributed by atoms with Gasteiger partial charge in [-0.3, -0.25) is 0 Å². The number of hydrogen-bond acceptors (Lipinski definition) is 5. The second-order valence-electron chi connectivity index (χ2n) is 4.47. The standard InChI is InChI=1S/C10H13F3O5S/c1-7-6-8(18-19(14,15)10(11,12)13)2-3-9(7)16-4-5-17-9/h2,7H,3-6H2,1H3. The van der Waals surface area contributed by atoms with Crippen molar-refractivity contribution in [3.63, 3.8) is 0 Å². The molecule has 1 saturated heterocycles. The van der Waals surface area contributed by atoms with Crippen LogP contribution in [0.25, 0.3) is 0 Å². The molecule has 0 bridgehead atoms. The third-order valence-electron chi connectivity index (χ3n) is 3.15. The topological polar surface area (TPSA) is 61.8 Å². The van der Waals surface area contributed by atoms with Crippen molar-refractivity contribution < 1.29 is 35.2 Å². The SMILES string of the molecule is CC1CC(OS(=O)(=O)C(F)(F)F)=CCC12OCCO2. The maximum absolute atomic E-state index is 12.2. The van der Waals surface area contributed by atoms with Gasteiger partial charge in [0, 0.05) is 18.8 Å². The molecule has 2 rings (SSSR count). The zero-order valence-corrected chi connectivity index (χ0v) is 10.9. The van der Waals surface area contributed by atoms with Gasteiger partial charge in [0.05, 0.1) is 13.2 Å². The predicted molar refractivity (Wildman–Crippen MR) is 57.2 cm³/mol. The predicted octanol–water partition coefficient (Wildman–Crippen LogP) is 1.91. The highest BCUT2D eigenvalue weighted by Crippen LogP contribution is 2.41. The molecule has 0 aromatic rings. The van der Waals surface area contributed by atoms with Gasteiger partial charge in [-0.2, -0.15) is 21.6 Å². The fraction of sp³-hybridized carbons (Fsp3) is 0.800. The van der Waals surface area contributed by atoms with Gasteiger partial charge < -0.3 is 13.7 Å². The number of halogens is 3. The molecule has 1 aliphatic carbocycles. The lowest BCUT2D eigenvalue weighted by Gasteiger charge is -2.36. The highest BCUT2D eigenvalue weighted by atomic mass is 32.2. The van der Waals surface area contributed by atoms with Crippen molar-refractivity contribution in [1.29, 1.82) is 0 Å². The van der Waals surface area contributed by atoms with Gasteiger partial charge in [0.1, 0.15) is 5.76 Å². The van der Waals surface area contributed by atoms with Crippen LogP contribution in [0.4, 0.5) is 13.2 Å². The molecule has 0 N–H and O–H groups in total. The minimum atomic E-state index is -5.61. The van der Waals surface area contributed by atoms with Gasteiger partial charge in [-0.15, -0.1) is 0 Å². The van der Waals surface area contributed by atoms with Gasteiger partial charge in [0.25, 0.3) is 0 Å². The molecule has 19 heavy (non-hydrogen) atoms. The van der Waals surface area contributed by atoms with E-state index < -0.39 is 21.4 Å². The molecule has 1 atom stereocenters. The zero-order valence-electron chi connectivity index (χ0n) is 10.1. The Balaban J connectivity index is 2.11. The van der Waals surface area contributed by atoms with Gasteiger partial charge in [0.2, 0.25) is 0 Å². The van der Waals surface area contributed by atoms with E-state index in [1.54, 1.807) is 6.92 Å². The number of ether oxygens (including phenoxy) is 2. The van der Waals surface area contributed by atoms with E-state index in [1.165, 1.54) is 6.08 Å². The number of allylic oxidation sites excluding steroid dienone is 1. The van der Waals surface area contributed by atoms with Crippen molar-refractivity contribution in [3.05, 3.63) is 11.8 Å². The van der Waals surface area contributed by atoms with Crippen LogP contribution < -0.4 is 0 Å². The molecule has 1 fully saturated rings. The lowest BCUT2D eigenvalue weighted by Crippen LogP contribution is -2.40. The molecule has 0 amide bonds. The first-order valence-corrected chi connectivity index (χ1v) is 7.05. The molecule has 9 heteroatoms. The van der Waals surface area contributed by atoms with E-state index in [0.717, 1.165) is 0 Å². The summed E-state index contributed by atoms with van der Waals surface area (Å²) in [4.78, 5) is 0. The molecule has 0 aromatic heterocycles. The van der Waals surface area contributed by atoms with Crippen LogP contribution in [0.1, 0.15) is 19.8 Å². The average Bonchev–Trinajstić information content (AvgIpc) is 2.72. The van der Waals surface area contributed by atoms with Crippen LogP contribution in [0.3, 0.4) is 0 Å². The van der Waals surface area contributed by atoms with Crippen LogP contribution in [0.2, 0.25) is 0 Å². The van der Waals surface area contributed by atoms with Gasteiger partial charge in [0.15, 0.2) is 5.79 Å². The summed E-state index contributed by atoms with van der Waals surface area (Å²) >= 11 is 0. The minimum absolute atomic E-state index is 0.00924. The van der Waals surface area contributed by atoms with Gasteiger partial charge in [-0.1, -0.05) is 6.92 Å². The van der Waals surface area contributed by atoms with E-state index in [4.69, 9.17) is 9.47 Å². The fourth-order valence-electron chi connectivity index (χ4n) is 2.13. The Labute approximate surface area is 108 Å². The molecule has 0 radical (unpaired) electrons. The van der Waals surface area contributed by atoms with Crippen LogP contribution in [-0.4, -0.2) is 32.9 Å². The number of rotatable bonds is 2. The average molecular weight is 302 g/mol. The molecule has 0 aromatic carbocycles. The molecule has 1 heterocycles. The van der Waals surface area contributed by atoms with Crippen LogP contribution in [0.15, 0.2) is 11.8 Å². The van der Waals surface area contributed by atoms with E-state index in [-0.39, 0.29) is 24.5 Å².